The third-order valence-corrected chi connectivity index (χ3v) is 2.41. The number of hydrogen-bond donors (Lipinski definition) is 2. The van der Waals surface area contributed by atoms with Crippen LogP contribution < -0.4 is 10.6 Å². The highest BCUT2D eigenvalue weighted by molar-refractivity contribution is 6.34. The fraction of sp³-hybridized carbons (Fsp3) is 0.400. The summed E-state index contributed by atoms with van der Waals surface area (Å²) in [5.74, 6) is -0.794. The van der Waals surface area contributed by atoms with Gasteiger partial charge in [0.2, 0.25) is 5.91 Å². The fourth-order valence-corrected chi connectivity index (χ4v) is 1.42. The van der Waals surface area contributed by atoms with Crippen LogP contribution in [-0.4, -0.2) is 35.1 Å². The summed E-state index contributed by atoms with van der Waals surface area (Å²) in [6.07, 6.45) is 0.829. The molecule has 0 spiro atoms. The maximum absolute atomic E-state index is 11.7. The highest BCUT2D eigenvalue weighted by Crippen LogP contribution is 2.14. The Balaban J connectivity index is 2.55. The summed E-state index contributed by atoms with van der Waals surface area (Å²) < 4.78 is 0. The molecule has 0 saturated carbocycles. The zero-order valence-corrected chi connectivity index (χ0v) is 11.2. The highest BCUT2D eigenvalue weighted by Gasteiger charge is 2.13. The van der Waals surface area contributed by atoms with Crippen LogP contribution in [0.2, 0.25) is 10.3 Å². The minimum atomic E-state index is -0.525. The lowest BCUT2D eigenvalue weighted by molar-refractivity contribution is -0.120. The van der Waals surface area contributed by atoms with E-state index in [1.807, 2.05) is 6.92 Å². The maximum Gasteiger partial charge on any atom is 0.255 e. The molecule has 98 valence electrons. The van der Waals surface area contributed by atoms with E-state index in [0.29, 0.717) is 6.54 Å². The molecule has 0 aliphatic heterocycles. The van der Waals surface area contributed by atoms with Crippen molar-refractivity contribution in [3.8, 4) is 0 Å². The molecule has 18 heavy (non-hydrogen) atoms. The lowest BCUT2D eigenvalue weighted by Crippen LogP contribution is -2.37. The molecule has 0 saturated heterocycles. The molecule has 1 aromatic heterocycles. The number of nitrogens with one attached hydrogen (secondary N) is 2. The van der Waals surface area contributed by atoms with E-state index in [1.54, 1.807) is 0 Å². The van der Waals surface area contributed by atoms with E-state index in [9.17, 15) is 9.59 Å². The van der Waals surface area contributed by atoms with Crippen LogP contribution in [-0.2, 0) is 4.79 Å². The van der Waals surface area contributed by atoms with Crippen LogP contribution in [0.15, 0.2) is 6.07 Å². The Morgan fingerprint density at radius 3 is 2.67 bits per heavy atom. The standard InChI is InChI=1S/C10H12Cl2N4O2/c1-2-3-13-8(17)5-14-10(18)6-4-7(11)15-16-9(6)12/h4H,2-3,5H2,1H3,(H,13,17)(H,14,18). The van der Waals surface area contributed by atoms with Crippen LogP contribution in [0.5, 0.6) is 0 Å². The van der Waals surface area contributed by atoms with Gasteiger partial charge < -0.3 is 10.6 Å². The quantitative estimate of drug-likeness (QED) is 0.849. The van der Waals surface area contributed by atoms with Crippen molar-refractivity contribution in [3.05, 3.63) is 21.9 Å². The van der Waals surface area contributed by atoms with E-state index in [-0.39, 0.29) is 28.3 Å². The van der Waals surface area contributed by atoms with Crippen LogP contribution in [0.4, 0.5) is 0 Å². The first-order valence-electron chi connectivity index (χ1n) is 5.28. The van der Waals surface area contributed by atoms with E-state index < -0.39 is 5.91 Å². The normalized spacial score (nSPS) is 9.94. The molecule has 1 heterocycles. The largest absolute Gasteiger partial charge is 0.355 e. The Morgan fingerprint density at radius 2 is 2.00 bits per heavy atom. The third kappa shape index (κ3) is 4.46. The van der Waals surface area contributed by atoms with Gasteiger partial charge in [-0.15, -0.1) is 10.2 Å². The van der Waals surface area contributed by atoms with Gasteiger partial charge in [-0.05, 0) is 12.5 Å². The summed E-state index contributed by atoms with van der Waals surface area (Å²) in [7, 11) is 0. The van der Waals surface area contributed by atoms with E-state index in [0.717, 1.165) is 6.42 Å². The average Bonchev–Trinajstić information content (AvgIpc) is 2.36. The Labute approximate surface area is 114 Å². The van der Waals surface area contributed by atoms with Gasteiger partial charge in [0.15, 0.2) is 10.3 Å². The molecule has 0 aliphatic carbocycles. The van der Waals surface area contributed by atoms with Crippen molar-refractivity contribution < 1.29 is 9.59 Å². The second-order valence-electron chi connectivity index (χ2n) is 3.40. The number of carbonyl (C=O) groups excluding carboxylic acids is 2. The number of carbonyl (C=O) groups is 2. The molecule has 0 bridgehead atoms. The van der Waals surface area contributed by atoms with Gasteiger partial charge in [-0.25, -0.2) is 0 Å². The van der Waals surface area contributed by atoms with Crippen LogP contribution >= 0.6 is 23.2 Å². The van der Waals surface area contributed by atoms with Crippen molar-refractivity contribution in [1.29, 1.82) is 0 Å². The molecule has 0 fully saturated rings. The Hall–Kier alpha value is -1.40. The first-order valence-corrected chi connectivity index (χ1v) is 6.03. The van der Waals surface area contributed by atoms with Gasteiger partial charge in [-0.3, -0.25) is 9.59 Å². The summed E-state index contributed by atoms with van der Waals surface area (Å²) in [4.78, 5) is 23.0. The smallest absolute Gasteiger partial charge is 0.255 e. The number of rotatable bonds is 5. The van der Waals surface area contributed by atoms with E-state index in [1.165, 1.54) is 6.07 Å². The number of aromatic nitrogens is 2. The molecule has 6 nitrogen and oxygen atoms in total. The second kappa shape index (κ2) is 7.13. The van der Waals surface area contributed by atoms with Gasteiger partial charge in [-0.2, -0.15) is 0 Å². The predicted octanol–water partition coefficient (Wildman–Crippen LogP) is 1.04. The summed E-state index contributed by atoms with van der Waals surface area (Å²) in [6, 6.07) is 1.29. The maximum atomic E-state index is 11.7. The molecule has 2 amide bonds. The Kier molecular flexibility index (Phi) is 5.80. The van der Waals surface area contributed by atoms with Gasteiger partial charge in [0.25, 0.3) is 5.91 Å². The first kappa shape index (κ1) is 14.7. The van der Waals surface area contributed by atoms with Crippen molar-refractivity contribution in [2.75, 3.05) is 13.1 Å². The summed E-state index contributed by atoms with van der Waals surface area (Å²) in [5.41, 5.74) is 0.0833. The van der Waals surface area contributed by atoms with Gasteiger partial charge in [-0.1, -0.05) is 30.1 Å². The van der Waals surface area contributed by atoms with Crippen molar-refractivity contribution in [3.63, 3.8) is 0 Å². The molecule has 2 N–H and O–H groups in total. The third-order valence-electron chi connectivity index (χ3n) is 1.95. The van der Waals surface area contributed by atoms with Gasteiger partial charge in [0, 0.05) is 6.54 Å². The van der Waals surface area contributed by atoms with Gasteiger partial charge in [0.1, 0.15) is 0 Å². The number of halogens is 2. The van der Waals surface area contributed by atoms with E-state index >= 15 is 0 Å². The lowest BCUT2D eigenvalue weighted by atomic mass is 10.3. The van der Waals surface area contributed by atoms with Crippen molar-refractivity contribution in [2.45, 2.75) is 13.3 Å². The lowest BCUT2D eigenvalue weighted by Gasteiger charge is -2.06. The molecule has 0 radical (unpaired) electrons. The van der Waals surface area contributed by atoms with Crippen molar-refractivity contribution in [2.24, 2.45) is 0 Å². The first-order chi connectivity index (χ1) is 8.54. The van der Waals surface area contributed by atoms with Crippen molar-refractivity contribution >= 4 is 35.0 Å². The number of hydrogen-bond acceptors (Lipinski definition) is 4. The minimum absolute atomic E-state index is 0.0555. The van der Waals surface area contributed by atoms with Crippen LogP contribution in [0, 0.1) is 0 Å². The fourth-order valence-electron chi connectivity index (χ4n) is 1.09. The predicted molar refractivity (Wildman–Crippen MR) is 67.7 cm³/mol. The monoisotopic (exact) mass is 290 g/mol. The molecular formula is C10H12Cl2N4O2. The van der Waals surface area contributed by atoms with E-state index in [2.05, 4.69) is 20.8 Å². The number of amides is 2. The van der Waals surface area contributed by atoms with Crippen LogP contribution in [0.3, 0.4) is 0 Å². The Bertz CT molecular complexity index is 454. The van der Waals surface area contributed by atoms with E-state index in [4.69, 9.17) is 23.2 Å². The van der Waals surface area contributed by atoms with Gasteiger partial charge in [0.05, 0.1) is 12.1 Å². The molecule has 0 atom stereocenters. The van der Waals surface area contributed by atoms with Crippen LogP contribution in [0.25, 0.3) is 0 Å². The average molecular weight is 291 g/mol. The summed E-state index contributed by atoms with van der Waals surface area (Å²) >= 11 is 11.3. The molecule has 0 unspecified atom stereocenters. The van der Waals surface area contributed by atoms with Crippen molar-refractivity contribution in [1.82, 2.24) is 20.8 Å². The molecule has 0 aromatic carbocycles. The SMILES string of the molecule is CCCNC(=O)CNC(=O)c1cc(Cl)nnc1Cl. The molecule has 1 aromatic rings. The topological polar surface area (TPSA) is 84.0 Å². The van der Waals surface area contributed by atoms with Gasteiger partial charge >= 0.3 is 0 Å². The summed E-state index contributed by atoms with van der Waals surface area (Å²) in [6.45, 7) is 2.37. The minimum Gasteiger partial charge on any atom is -0.355 e. The molecule has 1 rings (SSSR count). The molecule has 8 heteroatoms. The zero-order chi connectivity index (χ0) is 13.5. The Morgan fingerprint density at radius 1 is 1.28 bits per heavy atom. The van der Waals surface area contributed by atoms with Crippen LogP contribution in [0.1, 0.15) is 23.7 Å². The highest BCUT2D eigenvalue weighted by atomic mass is 35.5. The zero-order valence-electron chi connectivity index (χ0n) is 9.67. The molecular weight excluding hydrogens is 279 g/mol. The summed E-state index contributed by atoms with van der Waals surface area (Å²) in [5, 5.41) is 12.0. The molecule has 0 aliphatic rings. The second-order valence-corrected chi connectivity index (χ2v) is 4.15. The number of nitrogens with zero attached hydrogens (tertiary/aromatic N) is 2.